The molecule has 128 valence electrons. The Hall–Kier alpha value is -1.95. The molecule has 2 fully saturated rings. The van der Waals surface area contributed by atoms with E-state index >= 15 is 0 Å². The van der Waals surface area contributed by atoms with Gasteiger partial charge in [-0.15, -0.1) is 0 Å². The molecule has 0 bridgehead atoms. The van der Waals surface area contributed by atoms with Crippen molar-refractivity contribution < 1.29 is 8.78 Å². The molecule has 1 saturated carbocycles. The Labute approximate surface area is 138 Å². The molecule has 4 rings (SSSR count). The Morgan fingerprint density at radius 1 is 1.21 bits per heavy atom. The smallest absolute Gasteiger partial charge is 0.251 e. The number of rotatable bonds is 3. The first-order chi connectivity index (χ1) is 11.5. The topological polar surface area (TPSA) is 51.3 Å². The SMILES string of the molecule is Cc1c(N2CCCC2)c(F)c(F)c2c(CN)cc(=O)n(C3CC3)c12. The van der Waals surface area contributed by atoms with Gasteiger partial charge in [0.15, 0.2) is 11.6 Å². The second-order valence-electron chi connectivity index (χ2n) is 6.83. The third-order valence-electron chi connectivity index (χ3n) is 5.22. The lowest BCUT2D eigenvalue weighted by atomic mass is 10.0. The van der Waals surface area contributed by atoms with Gasteiger partial charge in [-0.25, -0.2) is 8.78 Å². The molecule has 1 aliphatic heterocycles. The van der Waals surface area contributed by atoms with Crippen LogP contribution in [0.5, 0.6) is 0 Å². The summed E-state index contributed by atoms with van der Waals surface area (Å²) in [7, 11) is 0. The molecule has 1 aliphatic carbocycles. The van der Waals surface area contributed by atoms with E-state index in [1.54, 1.807) is 11.5 Å². The van der Waals surface area contributed by atoms with Crippen LogP contribution >= 0.6 is 0 Å². The van der Waals surface area contributed by atoms with E-state index in [0.717, 1.165) is 25.7 Å². The van der Waals surface area contributed by atoms with E-state index in [0.29, 0.717) is 35.4 Å². The summed E-state index contributed by atoms with van der Waals surface area (Å²) < 4.78 is 31.5. The van der Waals surface area contributed by atoms with Crippen LogP contribution < -0.4 is 16.2 Å². The predicted octanol–water partition coefficient (Wildman–Crippen LogP) is 2.98. The van der Waals surface area contributed by atoms with Crippen molar-refractivity contribution in [3.05, 3.63) is 39.2 Å². The molecule has 2 aliphatic rings. The summed E-state index contributed by atoms with van der Waals surface area (Å²) in [6.45, 7) is 3.23. The fourth-order valence-corrected chi connectivity index (χ4v) is 3.95. The van der Waals surface area contributed by atoms with Gasteiger partial charge in [0.05, 0.1) is 11.2 Å². The molecule has 0 radical (unpaired) electrons. The lowest BCUT2D eigenvalue weighted by molar-refractivity contribution is 0.513. The molecule has 0 atom stereocenters. The van der Waals surface area contributed by atoms with Gasteiger partial charge in [0, 0.05) is 42.7 Å². The van der Waals surface area contributed by atoms with Gasteiger partial charge in [0.1, 0.15) is 0 Å². The molecule has 6 heteroatoms. The summed E-state index contributed by atoms with van der Waals surface area (Å²) in [5, 5.41) is 0.168. The summed E-state index contributed by atoms with van der Waals surface area (Å²) in [6.07, 6.45) is 3.73. The normalized spacial score (nSPS) is 17.9. The minimum Gasteiger partial charge on any atom is -0.369 e. The first-order valence-corrected chi connectivity index (χ1v) is 8.55. The molecule has 0 amide bonds. The summed E-state index contributed by atoms with van der Waals surface area (Å²) in [5.74, 6) is -1.70. The van der Waals surface area contributed by atoms with Gasteiger partial charge >= 0.3 is 0 Å². The molecule has 0 unspecified atom stereocenters. The van der Waals surface area contributed by atoms with E-state index in [2.05, 4.69) is 0 Å². The van der Waals surface area contributed by atoms with Crippen molar-refractivity contribution in [1.29, 1.82) is 0 Å². The maximum atomic E-state index is 15.0. The number of hydrogen-bond acceptors (Lipinski definition) is 3. The molecule has 4 nitrogen and oxygen atoms in total. The molecule has 1 aromatic carbocycles. The van der Waals surface area contributed by atoms with E-state index < -0.39 is 11.6 Å². The number of aryl methyl sites for hydroxylation is 1. The highest BCUT2D eigenvalue weighted by atomic mass is 19.2. The van der Waals surface area contributed by atoms with E-state index in [9.17, 15) is 13.6 Å². The minimum atomic E-state index is -0.882. The molecule has 24 heavy (non-hydrogen) atoms. The molecule has 1 aromatic heterocycles. The van der Waals surface area contributed by atoms with Crippen molar-refractivity contribution in [1.82, 2.24) is 4.57 Å². The highest BCUT2D eigenvalue weighted by Crippen LogP contribution is 2.41. The van der Waals surface area contributed by atoms with Gasteiger partial charge < -0.3 is 15.2 Å². The standard InChI is InChI=1S/C18H21F2N3O/c1-10-17-14(11(9-21)8-13(24)23(17)12-4-5-12)15(19)16(20)18(10)22-6-2-3-7-22/h8,12H,2-7,9,21H2,1H3. The number of aromatic nitrogens is 1. The van der Waals surface area contributed by atoms with Crippen LogP contribution in [0, 0.1) is 18.6 Å². The Kier molecular flexibility index (Phi) is 3.60. The molecule has 1 saturated heterocycles. The van der Waals surface area contributed by atoms with Gasteiger partial charge in [-0.05, 0) is 38.2 Å². The summed E-state index contributed by atoms with van der Waals surface area (Å²) in [5.41, 5.74) is 7.38. The van der Waals surface area contributed by atoms with Gasteiger partial charge in [-0.2, -0.15) is 0 Å². The van der Waals surface area contributed by atoms with Crippen LogP contribution in [0.3, 0.4) is 0 Å². The highest BCUT2D eigenvalue weighted by Gasteiger charge is 2.32. The number of hydrogen-bond donors (Lipinski definition) is 1. The molecular formula is C18H21F2N3O. The Morgan fingerprint density at radius 2 is 1.88 bits per heavy atom. The first-order valence-electron chi connectivity index (χ1n) is 8.55. The number of nitrogens with zero attached hydrogens (tertiary/aromatic N) is 2. The van der Waals surface area contributed by atoms with Crippen molar-refractivity contribution in [2.24, 2.45) is 5.73 Å². The quantitative estimate of drug-likeness (QED) is 0.939. The zero-order valence-electron chi connectivity index (χ0n) is 13.7. The summed E-state index contributed by atoms with van der Waals surface area (Å²) >= 11 is 0. The predicted molar refractivity (Wildman–Crippen MR) is 90.5 cm³/mol. The van der Waals surface area contributed by atoms with Gasteiger partial charge in [-0.1, -0.05) is 0 Å². The highest BCUT2D eigenvalue weighted by molar-refractivity contribution is 5.91. The second kappa shape index (κ2) is 5.55. The van der Waals surface area contributed by atoms with E-state index in [4.69, 9.17) is 5.73 Å². The average molecular weight is 333 g/mol. The van der Waals surface area contributed by atoms with E-state index in [1.807, 2.05) is 4.90 Å². The Balaban J connectivity index is 2.14. The molecular weight excluding hydrogens is 312 g/mol. The number of nitrogens with two attached hydrogens (primary N) is 1. The first kappa shape index (κ1) is 15.6. The number of anilines is 1. The van der Waals surface area contributed by atoms with Crippen LogP contribution in [-0.2, 0) is 6.54 Å². The zero-order valence-corrected chi connectivity index (χ0v) is 13.7. The van der Waals surface area contributed by atoms with Crippen LogP contribution in [0.1, 0.15) is 42.9 Å². The monoisotopic (exact) mass is 333 g/mol. The van der Waals surface area contributed by atoms with E-state index in [1.165, 1.54) is 6.07 Å². The maximum Gasteiger partial charge on any atom is 0.251 e. The number of pyridine rings is 1. The summed E-state index contributed by atoms with van der Waals surface area (Å²) in [6, 6.07) is 1.44. The lowest BCUT2D eigenvalue weighted by Crippen LogP contribution is -2.25. The third-order valence-corrected chi connectivity index (χ3v) is 5.22. The molecule has 2 N–H and O–H groups in total. The Morgan fingerprint density at radius 3 is 2.46 bits per heavy atom. The largest absolute Gasteiger partial charge is 0.369 e. The Bertz CT molecular complexity index is 880. The zero-order chi connectivity index (χ0) is 17.0. The third kappa shape index (κ3) is 2.16. The van der Waals surface area contributed by atoms with Crippen LogP contribution in [0.2, 0.25) is 0 Å². The van der Waals surface area contributed by atoms with E-state index in [-0.39, 0.29) is 23.5 Å². The number of fused-ring (bicyclic) bond motifs is 1. The lowest BCUT2D eigenvalue weighted by Gasteiger charge is -2.25. The van der Waals surface area contributed by atoms with Gasteiger partial charge in [0.25, 0.3) is 5.56 Å². The molecule has 0 spiro atoms. The average Bonchev–Trinajstić information content (AvgIpc) is 3.26. The van der Waals surface area contributed by atoms with Gasteiger partial charge in [-0.3, -0.25) is 4.79 Å². The van der Waals surface area contributed by atoms with Crippen molar-refractivity contribution in [3.63, 3.8) is 0 Å². The van der Waals surface area contributed by atoms with Crippen LogP contribution in [0.25, 0.3) is 10.9 Å². The van der Waals surface area contributed by atoms with Crippen molar-refractivity contribution in [3.8, 4) is 0 Å². The maximum absolute atomic E-state index is 15.0. The van der Waals surface area contributed by atoms with Crippen molar-refractivity contribution in [2.75, 3.05) is 18.0 Å². The van der Waals surface area contributed by atoms with Crippen LogP contribution in [0.4, 0.5) is 14.5 Å². The number of benzene rings is 1. The van der Waals surface area contributed by atoms with Crippen molar-refractivity contribution >= 4 is 16.6 Å². The van der Waals surface area contributed by atoms with Gasteiger partial charge in [0.2, 0.25) is 0 Å². The minimum absolute atomic E-state index is 0.0100. The van der Waals surface area contributed by atoms with Crippen LogP contribution in [0.15, 0.2) is 10.9 Å². The molecule has 2 aromatic rings. The van der Waals surface area contributed by atoms with Crippen molar-refractivity contribution in [2.45, 2.75) is 45.2 Å². The fourth-order valence-electron chi connectivity index (χ4n) is 3.95. The number of halogens is 2. The fraction of sp³-hybridized carbons (Fsp3) is 0.500. The molecule has 2 heterocycles. The van der Waals surface area contributed by atoms with Crippen LogP contribution in [-0.4, -0.2) is 17.7 Å². The second-order valence-corrected chi connectivity index (χ2v) is 6.83. The summed E-state index contributed by atoms with van der Waals surface area (Å²) in [4.78, 5) is 14.4.